The molecule has 0 aromatic heterocycles. The number of rotatable bonds is 4. The number of benzene rings is 2. The molecule has 1 N–H and O–H groups in total. The third-order valence-corrected chi connectivity index (χ3v) is 3.57. The molecule has 0 spiro atoms. The summed E-state index contributed by atoms with van der Waals surface area (Å²) in [5.74, 6) is 1.78. The highest BCUT2D eigenvalue weighted by Gasteiger charge is 2.13. The number of carbonyl (C=O) groups is 1. The lowest BCUT2D eigenvalue weighted by atomic mass is 10.1. The van der Waals surface area contributed by atoms with E-state index < -0.39 is 0 Å². The van der Waals surface area contributed by atoms with Gasteiger partial charge in [-0.25, -0.2) is 0 Å². The third kappa shape index (κ3) is 3.11. The van der Waals surface area contributed by atoms with E-state index in [-0.39, 0.29) is 12.7 Å². The molecule has 5 heteroatoms. The molecule has 3 rings (SSSR count). The lowest BCUT2D eigenvalue weighted by Gasteiger charge is -2.07. The molecule has 2 aromatic rings. The normalized spacial score (nSPS) is 12.2. The minimum atomic E-state index is -0.117. The van der Waals surface area contributed by atoms with Crippen LogP contribution in [0.2, 0.25) is 0 Å². The largest absolute Gasteiger partial charge is 0.454 e. The predicted molar refractivity (Wildman–Crippen MR) is 79.7 cm³/mol. The average Bonchev–Trinajstić information content (AvgIpc) is 3.00. The number of hydrogen-bond donors (Lipinski definition) is 1. The van der Waals surface area contributed by atoms with Crippen LogP contribution in [0.4, 0.5) is 0 Å². The van der Waals surface area contributed by atoms with Crippen molar-refractivity contribution in [2.75, 3.05) is 6.79 Å². The Balaban J connectivity index is 1.62. The van der Waals surface area contributed by atoms with Gasteiger partial charge in [0.2, 0.25) is 6.79 Å². The van der Waals surface area contributed by atoms with Crippen molar-refractivity contribution < 1.29 is 14.3 Å². The first-order chi connectivity index (χ1) is 10.3. The van der Waals surface area contributed by atoms with Gasteiger partial charge in [0.1, 0.15) is 0 Å². The lowest BCUT2D eigenvalue weighted by Crippen LogP contribution is -2.22. The molecule has 0 radical (unpaired) electrons. The minimum absolute atomic E-state index is 0.117. The standard InChI is InChI=1S/C16H14ClNO3/c17-8-11-1-4-13(5-2-11)16(19)18-9-12-3-6-14-15(7-12)21-10-20-14/h1-7H,8-10H2,(H,18,19). The first-order valence-corrected chi connectivity index (χ1v) is 7.11. The molecule has 2 aromatic carbocycles. The van der Waals surface area contributed by atoms with Crippen molar-refractivity contribution in [1.82, 2.24) is 5.32 Å². The molecule has 0 unspecified atom stereocenters. The summed E-state index contributed by atoms with van der Waals surface area (Å²) in [6, 6.07) is 12.9. The highest BCUT2D eigenvalue weighted by Crippen LogP contribution is 2.32. The van der Waals surface area contributed by atoms with Crippen LogP contribution in [0.3, 0.4) is 0 Å². The van der Waals surface area contributed by atoms with Crippen LogP contribution in [0.25, 0.3) is 0 Å². The molecule has 0 atom stereocenters. The molecular weight excluding hydrogens is 290 g/mol. The quantitative estimate of drug-likeness (QED) is 0.883. The molecular formula is C16H14ClNO3. The number of hydrogen-bond acceptors (Lipinski definition) is 3. The van der Waals surface area contributed by atoms with Crippen LogP contribution in [0.15, 0.2) is 42.5 Å². The first kappa shape index (κ1) is 13.8. The summed E-state index contributed by atoms with van der Waals surface area (Å²) in [5.41, 5.74) is 2.57. The zero-order valence-electron chi connectivity index (χ0n) is 11.3. The van der Waals surface area contributed by atoms with E-state index >= 15 is 0 Å². The molecule has 1 amide bonds. The molecule has 21 heavy (non-hydrogen) atoms. The van der Waals surface area contributed by atoms with E-state index in [1.165, 1.54) is 0 Å². The summed E-state index contributed by atoms with van der Waals surface area (Å²) < 4.78 is 10.6. The Morgan fingerprint density at radius 3 is 2.52 bits per heavy atom. The summed E-state index contributed by atoms with van der Waals surface area (Å²) in [7, 11) is 0. The maximum absolute atomic E-state index is 12.1. The molecule has 0 bridgehead atoms. The number of fused-ring (bicyclic) bond motifs is 1. The first-order valence-electron chi connectivity index (χ1n) is 6.58. The van der Waals surface area contributed by atoms with Crippen molar-refractivity contribution in [3.63, 3.8) is 0 Å². The van der Waals surface area contributed by atoms with Crippen LogP contribution in [0.1, 0.15) is 21.5 Å². The van der Waals surface area contributed by atoms with E-state index in [4.69, 9.17) is 21.1 Å². The van der Waals surface area contributed by atoms with Gasteiger partial charge in [-0.15, -0.1) is 11.6 Å². The molecule has 0 aliphatic carbocycles. The second-order valence-electron chi connectivity index (χ2n) is 4.70. The van der Waals surface area contributed by atoms with Gasteiger partial charge in [0, 0.05) is 18.0 Å². The average molecular weight is 304 g/mol. The minimum Gasteiger partial charge on any atom is -0.454 e. The maximum atomic E-state index is 12.1. The van der Waals surface area contributed by atoms with Crippen molar-refractivity contribution in [3.05, 3.63) is 59.2 Å². The number of ether oxygens (including phenoxy) is 2. The van der Waals surface area contributed by atoms with Crippen LogP contribution in [-0.2, 0) is 12.4 Å². The Morgan fingerprint density at radius 2 is 1.76 bits per heavy atom. The van der Waals surface area contributed by atoms with Gasteiger partial charge in [-0.3, -0.25) is 4.79 Å². The van der Waals surface area contributed by atoms with Gasteiger partial charge < -0.3 is 14.8 Å². The van der Waals surface area contributed by atoms with Crippen molar-refractivity contribution >= 4 is 17.5 Å². The summed E-state index contributed by atoms with van der Waals surface area (Å²) >= 11 is 5.72. The second-order valence-corrected chi connectivity index (χ2v) is 4.97. The third-order valence-electron chi connectivity index (χ3n) is 3.26. The molecule has 108 valence electrons. The molecule has 1 heterocycles. The van der Waals surface area contributed by atoms with Crippen LogP contribution < -0.4 is 14.8 Å². The highest BCUT2D eigenvalue weighted by atomic mass is 35.5. The fourth-order valence-corrected chi connectivity index (χ4v) is 2.26. The van der Waals surface area contributed by atoms with E-state index in [9.17, 15) is 4.79 Å². The van der Waals surface area contributed by atoms with Gasteiger partial charge in [-0.2, -0.15) is 0 Å². The molecule has 0 saturated carbocycles. The summed E-state index contributed by atoms with van der Waals surface area (Å²) in [5, 5.41) is 2.88. The summed E-state index contributed by atoms with van der Waals surface area (Å²) in [6.45, 7) is 0.685. The topological polar surface area (TPSA) is 47.6 Å². The fraction of sp³-hybridized carbons (Fsp3) is 0.188. The number of carbonyl (C=O) groups excluding carboxylic acids is 1. The fourth-order valence-electron chi connectivity index (χ4n) is 2.08. The highest BCUT2D eigenvalue weighted by molar-refractivity contribution is 6.17. The van der Waals surface area contributed by atoms with Crippen LogP contribution in [0, 0.1) is 0 Å². The summed E-state index contributed by atoms with van der Waals surface area (Å²) in [6.07, 6.45) is 0. The maximum Gasteiger partial charge on any atom is 0.251 e. The number of alkyl halides is 1. The molecule has 4 nitrogen and oxygen atoms in total. The van der Waals surface area contributed by atoms with Crippen molar-refractivity contribution in [2.45, 2.75) is 12.4 Å². The number of nitrogens with one attached hydrogen (secondary N) is 1. The Kier molecular flexibility index (Phi) is 3.97. The van der Waals surface area contributed by atoms with Crippen molar-refractivity contribution in [2.24, 2.45) is 0 Å². The van der Waals surface area contributed by atoms with Gasteiger partial charge in [0.05, 0.1) is 0 Å². The van der Waals surface area contributed by atoms with Crippen LogP contribution in [0.5, 0.6) is 11.5 Å². The number of amides is 1. The smallest absolute Gasteiger partial charge is 0.251 e. The Labute approximate surface area is 127 Å². The number of halogens is 1. The van der Waals surface area contributed by atoms with Crippen LogP contribution >= 0.6 is 11.6 Å². The molecule has 1 aliphatic rings. The molecule has 0 saturated heterocycles. The summed E-state index contributed by atoms with van der Waals surface area (Å²) in [4.78, 5) is 12.1. The van der Waals surface area contributed by atoms with E-state index in [0.29, 0.717) is 23.7 Å². The van der Waals surface area contributed by atoms with Gasteiger partial charge in [-0.1, -0.05) is 18.2 Å². The van der Waals surface area contributed by atoms with Gasteiger partial charge in [0.15, 0.2) is 11.5 Å². The van der Waals surface area contributed by atoms with E-state index in [0.717, 1.165) is 16.9 Å². The van der Waals surface area contributed by atoms with E-state index in [1.807, 2.05) is 30.3 Å². The van der Waals surface area contributed by atoms with E-state index in [1.54, 1.807) is 12.1 Å². The molecule has 0 fully saturated rings. The molecule has 1 aliphatic heterocycles. The Hall–Kier alpha value is -2.20. The Morgan fingerprint density at radius 1 is 1.05 bits per heavy atom. The van der Waals surface area contributed by atoms with Gasteiger partial charge in [0.25, 0.3) is 5.91 Å². The SMILES string of the molecule is O=C(NCc1ccc2c(c1)OCO2)c1ccc(CCl)cc1. The zero-order valence-corrected chi connectivity index (χ0v) is 12.0. The second kappa shape index (κ2) is 6.06. The van der Waals surface area contributed by atoms with Crippen molar-refractivity contribution in [1.29, 1.82) is 0 Å². The zero-order chi connectivity index (χ0) is 14.7. The van der Waals surface area contributed by atoms with Gasteiger partial charge in [-0.05, 0) is 35.4 Å². The Bertz CT molecular complexity index is 655. The predicted octanol–water partition coefficient (Wildman–Crippen LogP) is 3.08. The van der Waals surface area contributed by atoms with Crippen LogP contribution in [-0.4, -0.2) is 12.7 Å². The van der Waals surface area contributed by atoms with Crippen molar-refractivity contribution in [3.8, 4) is 11.5 Å². The van der Waals surface area contributed by atoms with E-state index in [2.05, 4.69) is 5.32 Å². The van der Waals surface area contributed by atoms with Gasteiger partial charge >= 0.3 is 0 Å². The monoisotopic (exact) mass is 303 g/mol. The lowest BCUT2D eigenvalue weighted by molar-refractivity contribution is 0.0951.